The molecule has 0 saturated heterocycles. The topological polar surface area (TPSA) is 242 Å². The summed E-state index contributed by atoms with van der Waals surface area (Å²) in [6.07, 6.45) is 0.964. The monoisotopic (exact) mass is 472 g/mol. The van der Waals surface area contributed by atoms with Gasteiger partial charge >= 0.3 is 11.9 Å². The summed E-state index contributed by atoms with van der Waals surface area (Å²) in [6.45, 7) is 0.370. The summed E-state index contributed by atoms with van der Waals surface area (Å²) < 4.78 is 0. The molecule has 14 nitrogen and oxygen atoms in total. The van der Waals surface area contributed by atoms with Crippen LogP contribution in [-0.4, -0.2) is 66.6 Å². The van der Waals surface area contributed by atoms with Gasteiger partial charge in [-0.3, -0.25) is 9.59 Å². The lowest BCUT2D eigenvalue weighted by Gasteiger charge is -2.19. The first-order valence-electron chi connectivity index (χ1n) is 9.75. The zero-order chi connectivity index (χ0) is 24.1. The molecule has 1 amide bonds. The lowest BCUT2D eigenvalue weighted by molar-refractivity contribution is -0.140. The summed E-state index contributed by atoms with van der Waals surface area (Å²) >= 11 is 0. The molecule has 3 aromatic rings. The summed E-state index contributed by atoms with van der Waals surface area (Å²) in [5.74, 6) is -2.91. The summed E-state index contributed by atoms with van der Waals surface area (Å²) in [5.41, 5.74) is 13.7. The molecule has 180 valence electrons. The Morgan fingerprint density at radius 2 is 1.76 bits per heavy atom. The number of anilines is 3. The van der Waals surface area contributed by atoms with Crippen molar-refractivity contribution in [1.82, 2.24) is 25.3 Å². The number of hydrogen-bond acceptors (Lipinski definition) is 10. The Hall–Kier alpha value is -4.59. The molecule has 0 fully saturated rings. The van der Waals surface area contributed by atoms with Gasteiger partial charge in [0, 0.05) is 24.7 Å². The summed E-state index contributed by atoms with van der Waals surface area (Å²) in [4.78, 5) is 52.7. The van der Waals surface area contributed by atoms with Crippen LogP contribution in [-0.2, 0) is 16.1 Å². The van der Waals surface area contributed by atoms with Crippen LogP contribution in [0.1, 0.15) is 28.9 Å². The molecule has 0 aliphatic rings. The van der Waals surface area contributed by atoms with Gasteiger partial charge in [-0.2, -0.15) is 9.97 Å². The van der Waals surface area contributed by atoms with Crippen LogP contribution in [0.3, 0.4) is 0 Å². The Bertz CT molecular complexity index is 1200. The van der Waals surface area contributed by atoms with E-state index in [1.165, 1.54) is 12.1 Å². The molecule has 1 unspecified atom stereocenters. The molecule has 0 saturated carbocycles. The maximum atomic E-state index is 12.4. The number of nitrogen functional groups attached to an aromatic ring is 2. The highest BCUT2D eigenvalue weighted by atomic mass is 16.4. The minimum Gasteiger partial charge on any atom is -0.481 e. The number of nitrogens with one attached hydrogen (secondary N) is 1. The van der Waals surface area contributed by atoms with Crippen molar-refractivity contribution in [3.8, 4) is 0 Å². The van der Waals surface area contributed by atoms with Crippen molar-refractivity contribution >= 4 is 46.5 Å². The fourth-order valence-electron chi connectivity index (χ4n) is 3.03. The number of rotatable bonds is 9. The first-order chi connectivity index (χ1) is 15.6. The molecule has 0 radical (unpaired) electrons. The van der Waals surface area contributed by atoms with Gasteiger partial charge in [0.2, 0.25) is 5.95 Å². The van der Waals surface area contributed by atoms with Crippen molar-refractivity contribution in [2.24, 2.45) is 0 Å². The van der Waals surface area contributed by atoms with Crippen LogP contribution in [0.5, 0.6) is 0 Å². The van der Waals surface area contributed by atoms with E-state index in [0.717, 1.165) is 5.69 Å². The number of amides is 1. The zero-order valence-electron chi connectivity index (χ0n) is 18.1. The van der Waals surface area contributed by atoms with Gasteiger partial charge in [0.05, 0.1) is 18.4 Å². The molecule has 14 heteroatoms. The third kappa shape index (κ3) is 6.23. The molecule has 0 aliphatic heterocycles. The van der Waals surface area contributed by atoms with Crippen LogP contribution >= 0.6 is 0 Å². The van der Waals surface area contributed by atoms with Crippen LogP contribution in [0.4, 0.5) is 17.5 Å². The summed E-state index contributed by atoms with van der Waals surface area (Å²) in [7, 11) is 1.82. The Morgan fingerprint density at radius 1 is 1.09 bits per heavy atom. The van der Waals surface area contributed by atoms with E-state index in [-0.39, 0.29) is 35.6 Å². The molecule has 0 spiro atoms. The highest BCUT2D eigenvalue weighted by Gasteiger charge is 2.21. The molecule has 0 bridgehead atoms. The predicted molar refractivity (Wildman–Crippen MR) is 122 cm³/mol. The molecule has 0 aliphatic carbocycles. The second-order valence-electron chi connectivity index (χ2n) is 7.20. The first-order valence-corrected chi connectivity index (χ1v) is 9.75. The molecular formula is C20H24N8O6. The fourth-order valence-corrected chi connectivity index (χ4v) is 3.03. The van der Waals surface area contributed by atoms with E-state index in [4.69, 9.17) is 16.6 Å². The lowest BCUT2D eigenvalue weighted by atomic mass is 10.1. The van der Waals surface area contributed by atoms with Crippen LogP contribution in [0.2, 0.25) is 0 Å². The van der Waals surface area contributed by atoms with E-state index < -0.39 is 23.9 Å². The van der Waals surface area contributed by atoms with Gasteiger partial charge in [0.15, 0.2) is 17.0 Å². The molecule has 2 aromatic heterocycles. The van der Waals surface area contributed by atoms with Crippen molar-refractivity contribution in [2.45, 2.75) is 25.4 Å². The number of carboxylic acids is 2. The number of nitrogens with zero attached hydrogens (tertiary/aromatic N) is 5. The number of carboxylic acid groups (broad SMARTS) is 2. The highest BCUT2D eigenvalue weighted by molar-refractivity contribution is 5.97. The van der Waals surface area contributed by atoms with Crippen LogP contribution in [0.25, 0.3) is 11.2 Å². The van der Waals surface area contributed by atoms with Gasteiger partial charge in [-0.25, -0.2) is 14.8 Å². The van der Waals surface area contributed by atoms with E-state index in [1.807, 2.05) is 11.9 Å². The Balaban J connectivity index is 0.00000408. The smallest absolute Gasteiger partial charge is 0.326 e. The number of fused-ring (bicyclic) bond motifs is 1. The van der Waals surface area contributed by atoms with Crippen molar-refractivity contribution in [3.63, 3.8) is 0 Å². The standard InChI is InChI=1S/C20H22N8O5.H2O/c1-28(9-11-8-23-17-15(24-11)16(21)26-20(22)27-17)12-4-2-10(3-5-12)18(31)25-13(19(32)33)6-7-14(29)30;/h2-5,8,13H,6-7,9H2,1H3,(H,25,31)(H,29,30)(H,32,33)(H4,21,22,23,26,27);1H2. The normalized spacial score (nSPS) is 11.3. The fraction of sp³-hybridized carbons (Fsp3) is 0.250. The van der Waals surface area contributed by atoms with Crippen molar-refractivity contribution in [2.75, 3.05) is 23.4 Å². The number of aliphatic carboxylic acids is 2. The van der Waals surface area contributed by atoms with Crippen LogP contribution in [0.15, 0.2) is 30.5 Å². The van der Waals surface area contributed by atoms with Crippen molar-refractivity contribution in [1.29, 1.82) is 0 Å². The summed E-state index contributed by atoms with van der Waals surface area (Å²) in [5, 5.41) is 20.2. The molecule has 2 heterocycles. The number of aromatic nitrogens is 4. The minimum atomic E-state index is -1.30. The van der Waals surface area contributed by atoms with Gasteiger partial charge < -0.3 is 37.4 Å². The third-order valence-electron chi connectivity index (χ3n) is 4.72. The number of nitrogens with two attached hydrogens (primary N) is 2. The van der Waals surface area contributed by atoms with E-state index in [2.05, 4.69) is 25.3 Å². The quantitative estimate of drug-likeness (QED) is 0.263. The second kappa shape index (κ2) is 10.8. The average molecular weight is 472 g/mol. The van der Waals surface area contributed by atoms with Gasteiger partial charge in [-0.1, -0.05) is 0 Å². The lowest BCUT2D eigenvalue weighted by Crippen LogP contribution is -2.41. The number of carbonyl (C=O) groups excluding carboxylic acids is 1. The number of benzene rings is 1. The van der Waals surface area contributed by atoms with Gasteiger partial charge in [-0.15, -0.1) is 0 Å². The van der Waals surface area contributed by atoms with E-state index in [9.17, 15) is 19.5 Å². The maximum Gasteiger partial charge on any atom is 0.326 e. The van der Waals surface area contributed by atoms with E-state index >= 15 is 0 Å². The molecule has 3 rings (SSSR count). The Kier molecular flexibility index (Phi) is 8.17. The SMILES string of the molecule is CN(Cc1cnc2nc(N)nc(N)c2n1)c1ccc(C(=O)NC(CCC(=O)O)C(=O)O)cc1.O. The van der Waals surface area contributed by atoms with Crippen molar-refractivity contribution in [3.05, 3.63) is 41.7 Å². The van der Waals surface area contributed by atoms with Gasteiger partial charge in [-0.05, 0) is 30.7 Å². The Morgan fingerprint density at radius 3 is 2.38 bits per heavy atom. The van der Waals surface area contributed by atoms with Gasteiger partial charge in [0.1, 0.15) is 6.04 Å². The molecule has 34 heavy (non-hydrogen) atoms. The summed E-state index contributed by atoms with van der Waals surface area (Å²) in [6, 6.07) is 5.16. The first kappa shape index (κ1) is 25.7. The van der Waals surface area contributed by atoms with Crippen molar-refractivity contribution < 1.29 is 30.1 Å². The van der Waals surface area contributed by atoms with Gasteiger partial charge in [0.25, 0.3) is 5.91 Å². The molecular weight excluding hydrogens is 448 g/mol. The number of carbonyl (C=O) groups is 3. The molecule has 9 N–H and O–H groups in total. The van der Waals surface area contributed by atoms with E-state index in [0.29, 0.717) is 23.4 Å². The second-order valence-corrected chi connectivity index (χ2v) is 7.20. The Labute approximate surface area is 193 Å². The van der Waals surface area contributed by atoms with E-state index in [1.54, 1.807) is 18.3 Å². The maximum absolute atomic E-state index is 12.4. The molecule has 1 aromatic carbocycles. The molecule has 1 atom stereocenters. The third-order valence-corrected chi connectivity index (χ3v) is 4.72. The highest BCUT2D eigenvalue weighted by Crippen LogP contribution is 2.19. The minimum absolute atomic E-state index is 0. The largest absolute Gasteiger partial charge is 0.481 e. The zero-order valence-corrected chi connectivity index (χ0v) is 18.1. The average Bonchev–Trinajstić information content (AvgIpc) is 2.76. The van der Waals surface area contributed by atoms with Crippen LogP contribution in [0, 0.1) is 0 Å². The van der Waals surface area contributed by atoms with Crippen LogP contribution < -0.4 is 21.7 Å². The predicted octanol–water partition coefficient (Wildman–Crippen LogP) is -0.556. The number of hydrogen-bond donors (Lipinski definition) is 5.